The first-order valence-corrected chi connectivity index (χ1v) is 10.00. The fourth-order valence-corrected chi connectivity index (χ4v) is 4.06. The second-order valence-electron chi connectivity index (χ2n) is 8.10. The van der Waals surface area contributed by atoms with Crippen molar-refractivity contribution in [1.29, 1.82) is 0 Å². The number of aromatic amines is 1. The van der Waals surface area contributed by atoms with E-state index in [1.54, 1.807) is 0 Å². The minimum atomic E-state index is -3.01. The molecule has 2 aliphatic rings. The van der Waals surface area contributed by atoms with Gasteiger partial charge in [-0.05, 0) is 18.6 Å². The second-order valence-corrected chi connectivity index (χ2v) is 8.10. The predicted molar refractivity (Wildman–Crippen MR) is 103 cm³/mol. The van der Waals surface area contributed by atoms with Crippen LogP contribution in [-0.2, 0) is 19.9 Å². The number of halogens is 4. The summed E-state index contributed by atoms with van der Waals surface area (Å²) in [6.07, 6.45) is -1.58. The lowest BCUT2D eigenvalue weighted by Crippen LogP contribution is -2.62. The topological polar surface area (TPSA) is 133 Å². The molecular formula is C19H19F4N7O3. The zero-order valence-corrected chi connectivity index (χ0v) is 17.0. The summed E-state index contributed by atoms with van der Waals surface area (Å²) < 4.78 is 52.7. The maximum Gasteiger partial charge on any atom is 0.311 e. The Kier molecular flexibility index (Phi) is 5.76. The van der Waals surface area contributed by atoms with Crippen LogP contribution in [-0.4, -0.2) is 62.0 Å². The van der Waals surface area contributed by atoms with Gasteiger partial charge in [-0.15, -0.1) is 5.10 Å². The quantitative estimate of drug-likeness (QED) is 0.448. The smallest absolute Gasteiger partial charge is 0.311 e. The summed E-state index contributed by atoms with van der Waals surface area (Å²) in [5.74, 6) is -6.25. The highest BCUT2D eigenvalue weighted by Crippen LogP contribution is 2.50. The number of carbonyl (C=O) groups is 3. The number of anilines is 1. The summed E-state index contributed by atoms with van der Waals surface area (Å²) in [6, 6.07) is 2.40. The molecule has 33 heavy (non-hydrogen) atoms. The standard InChI is InChI=1S/C19H19F4N7O3/c20-14(21)12-5-11(1-3-24-12)26-15(31)10-2-4-30(7-10)17(33)16(32)27-18(8-19(22,23)9-18)13-6-25-29-28-13/h1,3,5-6,10,14H,2,4,7-9H2,(H,27,32)(H,24,26,31)(H,25,28,29)/t10-/m0/s1. The Labute approximate surface area is 184 Å². The monoisotopic (exact) mass is 469 g/mol. The number of pyridine rings is 1. The number of rotatable bonds is 5. The van der Waals surface area contributed by atoms with E-state index in [4.69, 9.17) is 0 Å². The average Bonchev–Trinajstić information content (AvgIpc) is 3.44. The highest BCUT2D eigenvalue weighted by atomic mass is 19.3. The van der Waals surface area contributed by atoms with Crippen LogP contribution in [0.4, 0.5) is 23.2 Å². The van der Waals surface area contributed by atoms with Gasteiger partial charge in [0, 0.05) is 44.0 Å². The van der Waals surface area contributed by atoms with E-state index < -0.39 is 60.1 Å². The third-order valence-corrected chi connectivity index (χ3v) is 5.69. The fraction of sp³-hybridized carbons (Fsp3) is 0.474. The van der Waals surface area contributed by atoms with E-state index in [1.165, 1.54) is 12.3 Å². The molecule has 1 saturated carbocycles. The summed E-state index contributed by atoms with van der Waals surface area (Å²) in [6.45, 7) is 0.00802. The number of nitrogens with one attached hydrogen (secondary N) is 3. The Hall–Kier alpha value is -3.58. The fourth-order valence-electron chi connectivity index (χ4n) is 4.06. The minimum Gasteiger partial charge on any atom is -0.336 e. The molecule has 0 spiro atoms. The molecule has 14 heteroatoms. The van der Waals surface area contributed by atoms with Crippen LogP contribution in [0.2, 0.25) is 0 Å². The molecule has 176 valence electrons. The predicted octanol–water partition coefficient (Wildman–Crippen LogP) is 1.37. The molecule has 0 bridgehead atoms. The van der Waals surface area contributed by atoms with Crippen molar-refractivity contribution in [3.63, 3.8) is 0 Å². The molecule has 10 nitrogen and oxygen atoms in total. The van der Waals surface area contributed by atoms with Crippen LogP contribution in [0.5, 0.6) is 0 Å². The molecule has 3 amide bonds. The highest BCUT2D eigenvalue weighted by molar-refractivity contribution is 6.35. The molecular weight excluding hydrogens is 450 g/mol. The van der Waals surface area contributed by atoms with Gasteiger partial charge in [0.15, 0.2) is 0 Å². The van der Waals surface area contributed by atoms with E-state index in [2.05, 4.69) is 31.0 Å². The number of aromatic nitrogens is 4. The maximum atomic E-state index is 13.6. The first kappa shape index (κ1) is 22.6. The lowest BCUT2D eigenvalue weighted by atomic mass is 9.71. The molecule has 0 unspecified atom stereocenters. The summed E-state index contributed by atoms with van der Waals surface area (Å²) in [5, 5.41) is 14.4. The van der Waals surface area contributed by atoms with Crippen molar-refractivity contribution in [3.8, 4) is 0 Å². The van der Waals surface area contributed by atoms with Crippen LogP contribution in [0, 0.1) is 5.92 Å². The SMILES string of the molecule is O=C(NC1(c2c[nH]nn2)CC(F)(F)C1)C(=O)N1CC[C@H](C(=O)Nc2ccnc(C(F)F)c2)C1. The van der Waals surface area contributed by atoms with Gasteiger partial charge in [0.25, 0.3) is 12.3 Å². The Balaban J connectivity index is 1.36. The first-order valence-electron chi connectivity index (χ1n) is 10.00. The molecule has 2 fully saturated rings. The van der Waals surface area contributed by atoms with Crippen LogP contribution in [0.25, 0.3) is 0 Å². The van der Waals surface area contributed by atoms with Gasteiger partial charge >= 0.3 is 11.8 Å². The number of carbonyl (C=O) groups excluding carboxylic acids is 3. The third-order valence-electron chi connectivity index (χ3n) is 5.69. The van der Waals surface area contributed by atoms with Crippen molar-refractivity contribution >= 4 is 23.4 Å². The van der Waals surface area contributed by atoms with Gasteiger partial charge in [0.05, 0.1) is 11.5 Å². The molecule has 1 saturated heterocycles. The van der Waals surface area contributed by atoms with E-state index in [1.807, 2.05) is 0 Å². The molecule has 1 aliphatic heterocycles. The Morgan fingerprint density at radius 1 is 1.24 bits per heavy atom. The van der Waals surface area contributed by atoms with Gasteiger partial charge in [-0.3, -0.25) is 24.5 Å². The number of amides is 3. The van der Waals surface area contributed by atoms with Gasteiger partial charge in [0.2, 0.25) is 5.91 Å². The van der Waals surface area contributed by atoms with Crippen LogP contribution >= 0.6 is 0 Å². The van der Waals surface area contributed by atoms with Crippen molar-refractivity contribution in [2.45, 2.75) is 37.1 Å². The van der Waals surface area contributed by atoms with Gasteiger partial charge in [-0.1, -0.05) is 5.21 Å². The van der Waals surface area contributed by atoms with Crippen molar-refractivity contribution in [3.05, 3.63) is 35.9 Å². The highest BCUT2D eigenvalue weighted by Gasteiger charge is 2.60. The zero-order chi connectivity index (χ0) is 23.8. The van der Waals surface area contributed by atoms with E-state index in [9.17, 15) is 31.9 Å². The van der Waals surface area contributed by atoms with E-state index in [0.717, 1.165) is 17.2 Å². The molecule has 4 rings (SSSR count). The van der Waals surface area contributed by atoms with Crippen LogP contribution in [0.3, 0.4) is 0 Å². The number of hydrogen-bond donors (Lipinski definition) is 3. The van der Waals surface area contributed by atoms with E-state index in [-0.39, 0.29) is 30.9 Å². The second kappa shape index (κ2) is 8.41. The van der Waals surface area contributed by atoms with Gasteiger partial charge < -0.3 is 15.5 Å². The van der Waals surface area contributed by atoms with Gasteiger partial charge in [-0.2, -0.15) is 0 Å². The Bertz CT molecular complexity index is 1060. The summed E-state index contributed by atoms with van der Waals surface area (Å²) >= 11 is 0. The molecule has 0 radical (unpaired) electrons. The van der Waals surface area contributed by atoms with Crippen LogP contribution < -0.4 is 10.6 Å². The number of hydrogen-bond acceptors (Lipinski definition) is 6. The minimum absolute atomic E-state index is 0.0853. The van der Waals surface area contributed by atoms with Crippen LogP contribution in [0.15, 0.2) is 24.5 Å². The van der Waals surface area contributed by atoms with Gasteiger partial charge in [0.1, 0.15) is 11.4 Å². The Morgan fingerprint density at radius 2 is 2.00 bits per heavy atom. The first-order chi connectivity index (χ1) is 15.6. The van der Waals surface area contributed by atoms with Crippen LogP contribution in [0.1, 0.15) is 37.1 Å². The molecule has 3 heterocycles. The number of H-pyrrole nitrogens is 1. The molecule has 3 N–H and O–H groups in total. The zero-order valence-electron chi connectivity index (χ0n) is 17.0. The summed E-state index contributed by atoms with van der Waals surface area (Å²) in [7, 11) is 0. The lowest BCUT2D eigenvalue weighted by Gasteiger charge is -2.46. The van der Waals surface area contributed by atoms with E-state index >= 15 is 0 Å². The van der Waals surface area contributed by atoms with Gasteiger partial charge in [-0.25, -0.2) is 17.6 Å². The van der Waals surface area contributed by atoms with E-state index in [0.29, 0.717) is 0 Å². The maximum absolute atomic E-state index is 13.6. The van der Waals surface area contributed by atoms with Crippen molar-refractivity contribution in [2.75, 3.05) is 18.4 Å². The molecule has 1 aliphatic carbocycles. The van der Waals surface area contributed by atoms with Crippen molar-refractivity contribution in [2.24, 2.45) is 5.92 Å². The number of nitrogens with zero attached hydrogens (tertiary/aromatic N) is 4. The largest absolute Gasteiger partial charge is 0.336 e. The van der Waals surface area contributed by atoms with Crippen molar-refractivity contribution < 1.29 is 31.9 Å². The number of likely N-dealkylation sites (tertiary alicyclic amines) is 1. The lowest BCUT2D eigenvalue weighted by molar-refractivity contribution is -0.159. The molecule has 0 aromatic carbocycles. The summed E-state index contributed by atoms with van der Waals surface area (Å²) in [4.78, 5) is 42.3. The molecule has 1 atom stereocenters. The third kappa shape index (κ3) is 4.64. The summed E-state index contributed by atoms with van der Waals surface area (Å²) in [5.41, 5.74) is -1.78. The normalized spacial score (nSPS) is 20.9. The number of alkyl halides is 4. The molecule has 2 aromatic rings. The van der Waals surface area contributed by atoms with Crippen molar-refractivity contribution in [1.82, 2.24) is 30.6 Å². The molecule has 2 aromatic heterocycles. The Morgan fingerprint density at radius 3 is 2.64 bits per heavy atom. The average molecular weight is 469 g/mol.